The van der Waals surface area contributed by atoms with E-state index in [4.69, 9.17) is 21.3 Å². The van der Waals surface area contributed by atoms with E-state index in [9.17, 15) is 9.59 Å². The number of rotatable bonds is 8. The van der Waals surface area contributed by atoms with Gasteiger partial charge in [-0.3, -0.25) is 9.59 Å². The molecule has 0 bridgehead atoms. The molecule has 0 spiro atoms. The second-order valence-electron chi connectivity index (χ2n) is 10.1. The summed E-state index contributed by atoms with van der Waals surface area (Å²) < 4.78 is 6.97. The number of amides is 1. The number of fused-ring (bicyclic) bond motifs is 1. The average Bonchev–Trinajstić information content (AvgIpc) is 2.96. The van der Waals surface area contributed by atoms with Gasteiger partial charge in [0.05, 0.1) is 11.7 Å². The van der Waals surface area contributed by atoms with Gasteiger partial charge in [-0.1, -0.05) is 11.6 Å². The van der Waals surface area contributed by atoms with Crippen molar-refractivity contribution in [3.8, 4) is 5.75 Å². The number of piperazine rings is 1. The van der Waals surface area contributed by atoms with Crippen molar-refractivity contribution in [2.24, 2.45) is 13.0 Å². The summed E-state index contributed by atoms with van der Waals surface area (Å²) in [5, 5.41) is 10.4. The molecule has 3 N–H and O–H groups in total. The second kappa shape index (κ2) is 12.2. The minimum absolute atomic E-state index is 0.105. The molecule has 39 heavy (non-hydrogen) atoms. The smallest absolute Gasteiger partial charge is 0.293 e. The molecule has 0 atom stereocenters. The Morgan fingerprint density at radius 1 is 1.18 bits per heavy atom. The van der Waals surface area contributed by atoms with Crippen molar-refractivity contribution in [2.45, 2.75) is 12.8 Å². The Kier molecular flexibility index (Phi) is 8.49. The Balaban J connectivity index is 1.28. The fourth-order valence-corrected chi connectivity index (χ4v) is 5.30. The van der Waals surface area contributed by atoms with Crippen LogP contribution in [0.1, 0.15) is 12.8 Å². The summed E-state index contributed by atoms with van der Waals surface area (Å²) in [4.78, 5) is 38.3. The van der Waals surface area contributed by atoms with Gasteiger partial charge < -0.3 is 35.1 Å². The van der Waals surface area contributed by atoms with E-state index in [0.717, 1.165) is 75.2 Å². The third kappa shape index (κ3) is 6.43. The molecule has 4 heterocycles. The topological polar surface area (TPSA) is 117 Å². The summed E-state index contributed by atoms with van der Waals surface area (Å²) in [6.07, 6.45) is 3.87. The van der Waals surface area contributed by atoms with Gasteiger partial charge in [0.15, 0.2) is 18.2 Å². The number of likely N-dealkylation sites (N-methyl/N-ethyl adjacent to an activating group) is 1. The number of ether oxygens (including phenoxy) is 1. The first-order valence-electron chi connectivity index (χ1n) is 13.4. The zero-order valence-electron chi connectivity index (χ0n) is 22.4. The van der Waals surface area contributed by atoms with Crippen molar-refractivity contribution in [3.63, 3.8) is 0 Å². The van der Waals surface area contributed by atoms with E-state index >= 15 is 0 Å². The van der Waals surface area contributed by atoms with E-state index < -0.39 is 0 Å². The molecule has 1 aromatic carbocycles. The molecular weight excluding hydrogens is 520 g/mol. The number of nitrogens with zero attached hydrogens (tertiary/aromatic N) is 5. The van der Waals surface area contributed by atoms with E-state index in [1.807, 2.05) is 18.2 Å². The molecule has 11 nitrogen and oxygen atoms in total. The molecule has 0 unspecified atom stereocenters. The van der Waals surface area contributed by atoms with E-state index in [0.29, 0.717) is 22.7 Å². The van der Waals surface area contributed by atoms with Crippen molar-refractivity contribution in [3.05, 3.63) is 45.8 Å². The Morgan fingerprint density at radius 2 is 1.95 bits per heavy atom. The van der Waals surface area contributed by atoms with Crippen LogP contribution in [-0.4, -0.2) is 84.8 Å². The summed E-state index contributed by atoms with van der Waals surface area (Å²) >= 11 is 6.47. The molecule has 12 heteroatoms. The van der Waals surface area contributed by atoms with Gasteiger partial charge in [-0.2, -0.15) is 4.98 Å². The highest BCUT2D eigenvalue weighted by Gasteiger charge is 2.24. The second-order valence-corrected chi connectivity index (χ2v) is 10.5. The molecule has 2 aliphatic heterocycles. The number of hydrogen-bond donors (Lipinski definition) is 3. The van der Waals surface area contributed by atoms with Crippen molar-refractivity contribution >= 4 is 45.9 Å². The monoisotopic (exact) mass is 554 g/mol. The predicted octanol–water partition coefficient (Wildman–Crippen LogP) is 1.97. The van der Waals surface area contributed by atoms with Gasteiger partial charge in [0, 0.05) is 71.0 Å². The normalized spacial score (nSPS) is 16.8. The number of aryl methyl sites for hydroxylation is 1. The first kappa shape index (κ1) is 27.2. The molecule has 0 saturated carbocycles. The minimum atomic E-state index is -0.314. The maximum atomic E-state index is 12.7. The van der Waals surface area contributed by atoms with Crippen LogP contribution in [0, 0.1) is 5.92 Å². The number of benzene rings is 1. The van der Waals surface area contributed by atoms with Crippen LogP contribution < -0.4 is 31.1 Å². The molecule has 3 aromatic rings. The molecule has 2 fully saturated rings. The van der Waals surface area contributed by atoms with Gasteiger partial charge in [0.2, 0.25) is 5.95 Å². The first-order chi connectivity index (χ1) is 18.9. The lowest BCUT2D eigenvalue weighted by molar-refractivity contribution is -0.122. The quantitative estimate of drug-likeness (QED) is 0.384. The van der Waals surface area contributed by atoms with E-state index in [-0.39, 0.29) is 23.8 Å². The SMILES string of the molecule is CNC(=O)COc1cc2cc(Nc3nc(N4CCC(CN5CCNCC5)CC4)ncc3Cl)ccc2n(C)c1=O. The van der Waals surface area contributed by atoms with Crippen LogP contribution in [0.2, 0.25) is 5.02 Å². The number of pyridine rings is 1. The van der Waals surface area contributed by atoms with Crippen LogP contribution in [0.15, 0.2) is 35.3 Å². The van der Waals surface area contributed by atoms with E-state index in [1.54, 1.807) is 19.3 Å². The fraction of sp³-hybridized carbons (Fsp3) is 0.481. The highest BCUT2D eigenvalue weighted by molar-refractivity contribution is 6.32. The van der Waals surface area contributed by atoms with E-state index in [1.165, 1.54) is 11.6 Å². The maximum Gasteiger partial charge on any atom is 0.293 e. The van der Waals surface area contributed by atoms with Crippen LogP contribution in [0.25, 0.3) is 10.9 Å². The van der Waals surface area contributed by atoms with Crippen LogP contribution >= 0.6 is 11.6 Å². The predicted molar refractivity (Wildman–Crippen MR) is 153 cm³/mol. The summed E-state index contributed by atoms with van der Waals surface area (Å²) in [6.45, 7) is 7.18. The number of carbonyl (C=O) groups is 1. The minimum Gasteiger partial charge on any atom is -0.478 e. The van der Waals surface area contributed by atoms with Gasteiger partial charge in [-0.15, -0.1) is 0 Å². The highest BCUT2D eigenvalue weighted by atomic mass is 35.5. The lowest BCUT2D eigenvalue weighted by Gasteiger charge is -2.36. The third-order valence-corrected chi connectivity index (χ3v) is 7.72. The Bertz CT molecular complexity index is 1380. The summed E-state index contributed by atoms with van der Waals surface area (Å²) in [5.41, 5.74) is 1.17. The average molecular weight is 555 g/mol. The van der Waals surface area contributed by atoms with Gasteiger partial charge in [-0.25, -0.2) is 4.98 Å². The van der Waals surface area contributed by atoms with Gasteiger partial charge in [0.25, 0.3) is 11.5 Å². The number of anilines is 3. The molecule has 5 rings (SSSR count). The maximum absolute atomic E-state index is 12.7. The first-order valence-corrected chi connectivity index (χ1v) is 13.7. The van der Waals surface area contributed by atoms with Gasteiger partial charge in [0.1, 0.15) is 5.02 Å². The summed E-state index contributed by atoms with van der Waals surface area (Å²) in [7, 11) is 3.19. The number of carbonyl (C=O) groups excluding carboxylic acids is 1. The van der Waals surface area contributed by atoms with Crippen molar-refractivity contribution < 1.29 is 9.53 Å². The number of halogens is 1. The number of hydrogen-bond acceptors (Lipinski definition) is 9. The fourth-order valence-electron chi connectivity index (χ4n) is 5.16. The third-order valence-electron chi connectivity index (χ3n) is 7.45. The standard InChI is InChI=1S/C27H35ClN8O3/c1-29-24(37)17-39-23-14-19-13-20(3-4-22(19)34(2)26(23)38)32-25-21(28)15-31-27(33-25)36-9-5-18(6-10-36)16-35-11-7-30-8-12-35/h3-4,13-15,18,30H,5-12,16-17H2,1-2H3,(H,29,37)(H,31,32,33). The van der Waals surface area contributed by atoms with Gasteiger partial charge >= 0.3 is 0 Å². The molecule has 208 valence electrons. The van der Waals surface area contributed by atoms with Crippen LogP contribution in [0.4, 0.5) is 17.5 Å². The number of aromatic nitrogens is 3. The molecule has 0 aliphatic carbocycles. The highest BCUT2D eigenvalue weighted by Crippen LogP contribution is 2.29. The van der Waals surface area contributed by atoms with Gasteiger partial charge in [-0.05, 0) is 43.0 Å². The molecule has 2 aliphatic rings. The largest absolute Gasteiger partial charge is 0.478 e. The molecule has 2 saturated heterocycles. The molecule has 0 radical (unpaired) electrons. The molecule has 1 amide bonds. The molecular formula is C27H35ClN8O3. The Hall–Kier alpha value is -3.41. The van der Waals surface area contributed by atoms with Crippen molar-refractivity contribution in [2.75, 3.05) is 69.7 Å². The van der Waals surface area contributed by atoms with Crippen LogP contribution in [0.5, 0.6) is 5.75 Å². The Labute approximate surface area is 232 Å². The summed E-state index contributed by atoms with van der Waals surface area (Å²) in [5.74, 6) is 1.67. The lowest BCUT2D eigenvalue weighted by Crippen LogP contribution is -2.47. The summed E-state index contributed by atoms with van der Waals surface area (Å²) in [6, 6.07) is 7.25. The number of piperidine rings is 1. The number of nitrogens with one attached hydrogen (secondary N) is 3. The van der Waals surface area contributed by atoms with E-state index in [2.05, 4.69) is 30.7 Å². The molecule has 2 aromatic heterocycles. The van der Waals surface area contributed by atoms with Crippen molar-refractivity contribution in [1.82, 2.24) is 30.1 Å². The van der Waals surface area contributed by atoms with Crippen molar-refractivity contribution in [1.29, 1.82) is 0 Å². The zero-order chi connectivity index (χ0) is 27.4. The van der Waals surface area contributed by atoms with Crippen LogP contribution in [-0.2, 0) is 11.8 Å². The Morgan fingerprint density at radius 3 is 2.69 bits per heavy atom. The lowest BCUT2D eigenvalue weighted by atomic mass is 9.96. The van der Waals surface area contributed by atoms with Crippen LogP contribution in [0.3, 0.4) is 0 Å². The zero-order valence-corrected chi connectivity index (χ0v) is 23.1.